The molecule has 0 aliphatic carbocycles. The third-order valence-corrected chi connectivity index (χ3v) is 3.34. The molecule has 2 nitrogen and oxygen atoms in total. The van der Waals surface area contributed by atoms with E-state index in [0.717, 1.165) is 32.4 Å². The smallest absolute Gasteiger partial charge is 0.0786 e. The fourth-order valence-corrected chi connectivity index (χ4v) is 2.20. The first-order chi connectivity index (χ1) is 7.20. The number of hydrogen-bond donors (Lipinski definition) is 2. The van der Waals surface area contributed by atoms with Crippen LogP contribution < -0.4 is 5.32 Å². The lowest BCUT2D eigenvalue weighted by Gasteiger charge is -2.21. The number of aryl methyl sites for hydroxylation is 2. The maximum Gasteiger partial charge on any atom is 0.0786 e. The molecule has 2 heteroatoms. The second-order valence-electron chi connectivity index (χ2n) is 4.58. The van der Waals surface area contributed by atoms with E-state index in [-0.39, 0.29) is 0 Å². The minimum atomic E-state index is -0.470. The van der Waals surface area contributed by atoms with Gasteiger partial charge in [-0.05, 0) is 43.9 Å². The summed E-state index contributed by atoms with van der Waals surface area (Å²) in [4.78, 5) is 0. The molecule has 1 atom stereocenters. The number of hydrogen-bond acceptors (Lipinski definition) is 2. The van der Waals surface area contributed by atoms with Crippen LogP contribution in [0.2, 0.25) is 0 Å². The van der Waals surface area contributed by atoms with E-state index in [9.17, 15) is 5.11 Å². The molecule has 0 saturated carbocycles. The van der Waals surface area contributed by atoms with Crippen LogP contribution in [0.1, 0.15) is 24.0 Å². The van der Waals surface area contributed by atoms with E-state index in [2.05, 4.69) is 36.5 Å². The number of benzene rings is 1. The quantitative estimate of drug-likeness (QED) is 0.786. The molecule has 0 bridgehead atoms. The second-order valence-corrected chi connectivity index (χ2v) is 4.58. The maximum absolute atomic E-state index is 10.2. The highest BCUT2D eigenvalue weighted by Gasteiger charge is 2.30. The molecule has 0 aromatic heterocycles. The van der Waals surface area contributed by atoms with Gasteiger partial charge < -0.3 is 10.4 Å². The van der Waals surface area contributed by atoms with Gasteiger partial charge in [-0.3, -0.25) is 0 Å². The Bertz CT molecular complexity index is 329. The molecule has 0 amide bonds. The van der Waals surface area contributed by atoms with E-state index in [1.54, 1.807) is 0 Å². The molecule has 1 fully saturated rings. The molecule has 2 N–H and O–H groups in total. The molecule has 82 valence electrons. The summed E-state index contributed by atoms with van der Waals surface area (Å²) in [5.74, 6) is 0. The molecule has 1 aliphatic rings. The summed E-state index contributed by atoms with van der Waals surface area (Å²) in [7, 11) is 0. The normalized spacial score (nSPS) is 25.7. The first kappa shape index (κ1) is 10.7. The molecule has 1 aromatic rings. The summed E-state index contributed by atoms with van der Waals surface area (Å²) in [6, 6.07) is 8.41. The van der Waals surface area contributed by atoms with Gasteiger partial charge in [0.05, 0.1) is 5.60 Å². The molecule has 2 rings (SSSR count). The van der Waals surface area contributed by atoms with E-state index >= 15 is 0 Å². The van der Waals surface area contributed by atoms with Crippen molar-refractivity contribution in [1.29, 1.82) is 0 Å². The van der Waals surface area contributed by atoms with Crippen molar-refractivity contribution in [3.05, 3.63) is 35.4 Å². The van der Waals surface area contributed by atoms with Crippen LogP contribution in [0.3, 0.4) is 0 Å². The van der Waals surface area contributed by atoms with Crippen LogP contribution in [0.5, 0.6) is 0 Å². The molecule has 1 aromatic carbocycles. The third kappa shape index (κ3) is 2.58. The molecule has 0 spiro atoms. The van der Waals surface area contributed by atoms with Gasteiger partial charge in [0.25, 0.3) is 0 Å². The first-order valence-corrected chi connectivity index (χ1v) is 5.67. The third-order valence-electron chi connectivity index (χ3n) is 3.34. The Kier molecular flexibility index (Phi) is 3.08. The van der Waals surface area contributed by atoms with Crippen molar-refractivity contribution in [3.63, 3.8) is 0 Å². The number of β-amino-alcohol motifs (C(OH)–C–C–N with tert-alkyl or cyclic N) is 1. The van der Waals surface area contributed by atoms with Crippen molar-refractivity contribution >= 4 is 0 Å². The summed E-state index contributed by atoms with van der Waals surface area (Å²) in [6.07, 6.45) is 2.73. The van der Waals surface area contributed by atoms with Gasteiger partial charge in [-0.1, -0.05) is 24.3 Å². The van der Waals surface area contributed by atoms with Gasteiger partial charge in [0.15, 0.2) is 0 Å². The Hall–Kier alpha value is -0.860. The Morgan fingerprint density at radius 2 is 2.20 bits per heavy atom. The lowest BCUT2D eigenvalue weighted by Crippen LogP contribution is -2.31. The van der Waals surface area contributed by atoms with Crippen molar-refractivity contribution in [2.45, 2.75) is 31.8 Å². The molecule has 1 aliphatic heterocycles. The monoisotopic (exact) mass is 205 g/mol. The number of rotatable bonds is 3. The standard InChI is InChI=1S/C13H19NO/c1-11-4-2-3-5-12(11)6-7-13(15)8-9-14-10-13/h2-5,14-15H,6-10H2,1H3. The van der Waals surface area contributed by atoms with Gasteiger partial charge in [-0.15, -0.1) is 0 Å². The Labute approximate surface area is 91.3 Å². The van der Waals surface area contributed by atoms with E-state index < -0.39 is 5.60 Å². The van der Waals surface area contributed by atoms with E-state index in [4.69, 9.17) is 0 Å². The molecule has 1 heterocycles. The summed E-state index contributed by atoms with van der Waals surface area (Å²) in [5.41, 5.74) is 2.22. The topological polar surface area (TPSA) is 32.3 Å². The minimum absolute atomic E-state index is 0.470. The second kappa shape index (κ2) is 4.33. The molecule has 0 radical (unpaired) electrons. The highest BCUT2D eigenvalue weighted by atomic mass is 16.3. The summed E-state index contributed by atoms with van der Waals surface area (Å²) in [5, 5.41) is 13.4. The number of nitrogens with one attached hydrogen (secondary N) is 1. The van der Waals surface area contributed by atoms with Crippen LogP contribution >= 0.6 is 0 Å². The fourth-order valence-electron chi connectivity index (χ4n) is 2.20. The molecule has 15 heavy (non-hydrogen) atoms. The largest absolute Gasteiger partial charge is 0.389 e. The van der Waals surface area contributed by atoms with E-state index in [0.29, 0.717) is 0 Å². The van der Waals surface area contributed by atoms with Crippen LogP contribution in [0.4, 0.5) is 0 Å². The fraction of sp³-hybridized carbons (Fsp3) is 0.538. The van der Waals surface area contributed by atoms with Crippen molar-refractivity contribution in [3.8, 4) is 0 Å². The first-order valence-electron chi connectivity index (χ1n) is 5.67. The zero-order valence-electron chi connectivity index (χ0n) is 9.29. The predicted molar refractivity (Wildman–Crippen MR) is 61.9 cm³/mol. The van der Waals surface area contributed by atoms with Crippen molar-refractivity contribution in [1.82, 2.24) is 5.32 Å². The summed E-state index contributed by atoms with van der Waals surface area (Å²) >= 11 is 0. The van der Waals surface area contributed by atoms with Crippen LogP contribution in [0.25, 0.3) is 0 Å². The molecule has 1 unspecified atom stereocenters. The Morgan fingerprint density at radius 1 is 1.40 bits per heavy atom. The van der Waals surface area contributed by atoms with Crippen LogP contribution in [-0.2, 0) is 6.42 Å². The molecular formula is C13H19NO. The van der Waals surface area contributed by atoms with Gasteiger partial charge in [0, 0.05) is 6.54 Å². The van der Waals surface area contributed by atoms with Gasteiger partial charge in [-0.25, -0.2) is 0 Å². The summed E-state index contributed by atoms with van der Waals surface area (Å²) in [6.45, 7) is 3.83. The molecule has 1 saturated heterocycles. The zero-order chi connectivity index (χ0) is 10.7. The SMILES string of the molecule is Cc1ccccc1CCC1(O)CCNC1. The van der Waals surface area contributed by atoms with Crippen LogP contribution in [0.15, 0.2) is 24.3 Å². The maximum atomic E-state index is 10.2. The predicted octanol–water partition coefficient (Wildman–Crippen LogP) is 1.65. The average molecular weight is 205 g/mol. The molecular weight excluding hydrogens is 186 g/mol. The van der Waals surface area contributed by atoms with Crippen molar-refractivity contribution in [2.24, 2.45) is 0 Å². The zero-order valence-corrected chi connectivity index (χ0v) is 9.29. The van der Waals surface area contributed by atoms with Crippen molar-refractivity contribution in [2.75, 3.05) is 13.1 Å². The highest BCUT2D eigenvalue weighted by molar-refractivity contribution is 5.25. The van der Waals surface area contributed by atoms with Crippen molar-refractivity contribution < 1.29 is 5.11 Å². The lowest BCUT2D eigenvalue weighted by molar-refractivity contribution is 0.0526. The van der Waals surface area contributed by atoms with E-state index in [1.807, 2.05) is 0 Å². The lowest BCUT2D eigenvalue weighted by atomic mass is 9.93. The van der Waals surface area contributed by atoms with Crippen LogP contribution in [0, 0.1) is 6.92 Å². The Balaban J connectivity index is 1.95. The average Bonchev–Trinajstić information content (AvgIpc) is 2.65. The summed E-state index contributed by atoms with van der Waals surface area (Å²) < 4.78 is 0. The van der Waals surface area contributed by atoms with Crippen LogP contribution in [-0.4, -0.2) is 23.8 Å². The van der Waals surface area contributed by atoms with E-state index in [1.165, 1.54) is 11.1 Å². The Morgan fingerprint density at radius 3 is 2.87 bits per heavy atom. The van der Waals surface area contributed by atoms with Gasteiger partial charge >= 0.3 is 0 Å². The van der Waals surface area contributed by atoms with Gasteiger partial charge in [0.1, 0.15) is 0 Å². The van der Waals surface area contributed by atoms with Gasteiger partial charge in [-0.2, -0.15) is 0 Å². The minimum Gasteiger partial charge on any atom is -0.389 e. The number of aliphatic hydroxyl groups is 1. The highest BCUT2D eigenvalue weighted by Crippen LogP contribution is 2.22. The van der Waals surface area contributed by atoms with Gasteiger partial charge in [0.2, 0.25) is 0 Å².